The number of alkyl halides is 3. The molecule has 10 rings (SSSR count). The van der Waals surface area contributed by atoms with Gasteiger partial charge in [-0.25, -0.2) is 0 Å². The maximum absolute atomic E-state index is 14.5. The third-order valence-electron chi connectivity index (χ3n) is 9.89. The molecule has 1 aliphatic carbocycles. The largest absolute Gasteiger partial charge is 0.494 e. The van der Waals surface area contributed by atoms with Crippen LogP contribution in [0.15, 0.2) is 103 Å². The first-order chi connectivity index (χ1) is 26.2. The summed E-state index contributed by atoms with van der Waals surface area (Å²) in [4.78, 5) is 30.4. The lowest BCUT2D eigenvalue weighted by Gasteiger charge is -2.34. The highest BCUT2D eigenvalue weighted by Crippen LogP contribution is 2.35. The van der Waals surface area contributed by atoms with E-state index in [-0.39, 0.29) is 24.8 Å². The summed E-state index contributed by atoms with van der Waals surface area (Å²) in [6, 6.07) is 25.2. The second-order valence-electron chi connectivity index (χ2n) is 13.8. The normalized spacial score (nSPS) is 17.6. The number of carbonyl (C=O) groups excluding carboxylic acids is 2. The smallest absolute Gasteiger partial charge is 0.416 e. The number of nitrogens with zero attached hydrogens (tertiary/aromatic N) is 4. The zero-order valence-electron chi connectivity index (χ0n) is 29.8. The monoisotopic (exact) mass is 737 g/mol. The topological polar surface area (TPSA) is 98.6 Å². The number of hydrogen-bond donors (Lipinski definition) is 1. The highest BCUT2D eigenvalue weighted by Gasteiger charge is 2.36. The lowest BCUT2D eigenvalue weighted by Crippen LogP contribution is -2.47. The average molecular weight is 738 g/mol. The number of carbonyl (C=O) groups is 2. The number of aryl methyl sites for hydroxylation is 1. The van der Waals surface area contributed by atoms with Crippen LogP contribution in [0.3, 0.4) is 0 Å². The van der Waals surface area contributed by atoms with E-state index < -0.39 is 29.6 Å². The molecular weight excluding hydrogens is 695 g/mol. The molecule has 8 bridgehead atoms. The Morgan fingerprint density at radius 2 is 1.52 bits per heavy atom. The molecule has 2 amide bonds. The molecule has 0 spiro atoms. The minimum Gasteiger partial charge on any atom is -0.494 e. The molecular formula is C42H42F3N5O4. The van der Waals surface area contributed by atoms with Crippen molar-refractivity contribution >= 4 is 17.5 Å². The quantitative estimate of drug-likeness (QED) is 0.200. The van der Waals surface area contributed by atoms with Crippen molar-refractivity contribution in [2.24, 2.45) is 0 Å². The molecule has 0 saturated heterocycles. The van der Waals surface area contributed by atoms with Gasteiger partial charge in [-0.05, 0) is 103 Å². The third-order valence-corrected chi connectivity index (χ3v) is 9.89. The molecule has 5 aromatic rings. The number of amides is 2. The number of aromatic nitrogens is 3. The molecule has 1 atom stereocenters. The molecule has 4 aromatic carbocycles. The molecule has 0 radical (unpaired) electrons. The fourth-order valence-electron chi connectivity index (χ4n) is 7.03. The molecule has 280 valence electrons. The second kappa shape index (κ2) is 16.6. The number of anilines is 1. The van der Waals surface area contributed by atoms with Gasteiger partial charge in [0.2, 0.25) is 11.8 Å². The summed E-state index contributed by atoms with van der Waals surface area (Å²) >= 11 is 0. The van der Waals surface area contributed by atoms with Gasteiger partial charge in [0.25, 0.3) is 0 Å². The van der Waals surface area contributed by atoms with Gasteiger partial charge in [0, 0.05) is 18.3 Å². The van der Waals surface area contributed by atoms with Gasteiger partial charge in [0.05, 0.1) is 24.8 Å². The maximum Gasteiger partial charge on any atom is 0.416 e. The van der Waals surface area contributed by atoms with E-state index in [9.17, 15) is 22.8 Å². The van der Waals surface area contributed by atoms with E-state index >= 15 is 0 Å². The van der Waals surface area contributed by atoms with Crippen molar-refractivity contribution in [3.8, 4) is 22.6 Å². The molecule has 54 heavy (non-hydrogen) atoms. The van der Waals surface area contributed by atoms with Crippen molar-refractivity contribution in [1.82, 2.24) is 20.3 Å². The van der Waals surface area contributed by atoms with Gasteiger partial charge < -0.3 is 14.8 Å². The Bertz CT molecular complexity index is 2030. The van der Waals surface area contributed by atoms with E-state index in [1.54, 1.807) is 35.0 Å². The zero-order chi connectivity index (χ0) is 37.5. The van der Waals surface area contributed by atoms with Crippen molar-refractivity contribution in [2.45, 2.75) is 82.8 Å². The molecule has 4 aliphatic heterocycles. The first-order valence-corrected chi connectivity index (χ1v) is 18.4. The highest BCUT2D eigenvalue weighted by atomic mass is 19.4. The predicted molar refractivity (Wildman–Crippen MR) is 198 cm³/mol. The molecule has 1 unspecified atom stereocenters. The van der Waals surface area contributed by atoms with E-state index in [4.69, 9.17) is 9.47 Å². The van der Waals surface area contributed by atoms with Crippen molar-refractivity contribution in [3.05, 3.63) is 126 Å². The first kappa shape index (κ1) is 36.7. The van der Waals surface area contributed by atoms with E-state index in [2.05, 4.69) is 15.6 Å². The summed E-state index contributed by atoms with van der Waals surface area (Å²) in [5.74, 6) is 0.447. The van der Waals surface area contributed by atoms with Crippen LogP contribution in [-0.2, 0) is 35.3 Å². The molecule has 1 N–H and O–H groups in total. The van der Waals surface area contributed by atoms with Crippen LogP contribution in [0.2, 0.25) is 0 Å². The maximum atomic E-state index is 14.5. The van der Waals surface area contributed by atoms with Crippen molar-refractivity contribution in [1.29, 1.82) is 0 Å². The average Bonchev–Trinajstić information content (AvgIpc) is 3.64. The molecule has 9 nitrogen and oxygen atoms in total. The van der Waals surface area contributed by atoms with Gasteiger partial charge in [-0.2, -0.15) is 13.2 Å². The van der Waals surface area contributed by atoms with Crippen LogP contribution in [-0.4, -0.2) is 39.5 Å². The van der Waals surface area contributed by atoms with Gasteiger partial charge in [0.15, 0.2) is 0 Å². The van der Waals surface area contributed by atoms with E-state index in [1.807, 2.05) is 48.7 Å². The molecule has 5 aliphatic rings. The lowest BCUT2D eigenvalue weighted by atomic mass is 9.93. The van der Waals surface area contributed by atoms with Crippen LogP contribution in [0, 0.1) is 0 Å². The van der Waals surface area contributed by atoms with Crippen molar-refractivity contribution in [3.63, 3.8) is 0 Å². The van der Waals surface area contributed by atoms with Crippen LogP contribution in [0.5, 0.6) is 11.5 Å². The van der Waals surface area contributed by atoms with Gasteiger partial charge in [0.1, 0.15) is 29.8 Å². The zero-order valence-corrected chi connectivity index (χ0v) is 29.8. The van der Waals surface area contributed by atoms with Gasteiger partial charge in [-0.3, -0.25) is 19.2 Å². The number of hydrogen-bond acceptors (Lipinski definition) is 6. The SMILES string of the molecule is O=C(NC1CCCCC1)C1c2cccc(c2)-c2ccc(cc2)OCc2cn(nn2)CCCCOc2ccc(cc2)CC(=O)N1c1ccc(C(F)(F)F)cc1. The van der Waals surface area contributed by atoms with E-state index in [0.29, 0.717) is 41.5 Å². The van der Waals surface area contributed by atoms with Crippen molar-refractivity contribution in [2.75, 3.05) is 11.5 Å². The van der Waals surface area contributed by atoms with Gasteiger partial charge >= 0.3 is 6.18 Å². The minimum atomic E-state index is -4.57. The Hall–Kier alpha value is -5.65. The fourth-order valence-corrected chi connectivity index (χ4v) is 7.03. The number of ether oxygens (including phenoxy) is 2. The lowest BCUT2D eigenvalue weighted by molar-refractivity contribution is -0.137. The van der Waals surface area contributed by atoms with E-state index in [1.165, 1.54) is 17.0 Å². The fraction of sp³-hybridized carbons (Fsp3) is 0.333. The molecule has 1 aromatic heterocycles. The number of halogens is 3. The number of nitrogens with one attached hydrogen (secondary N) is 1. The van der Waals surface area contributed by atoms with E-state index in [0.717, 1.165) is 68.2 Å². The predicted octanol–water partition coefficient (Wildman–Crippen LogP) is 8.48. The summed E-state index contributed by atoms with van der Waals surface area (Å²) < 4.78 is 54.8. The van der Waals surface area contributed by atoms with Crippen LogP contribution >= 0.6 is 0 Å². The minimum absolute atomic E-state index is 0.0734. The standard InChI is InChI=1S/C42H42F3N5O4/c43-42(44,45)33-15-17-36(18-16-33)50-39(51)25-29-11-19-37(20-12-29)53-24-5-4-23-49-27-35(47-48-49)28-54-38-21-13-30(14-22-38)31-7-6-8-32(26-31)40(50)41(52)46-34-9-2-1-3-10-34/h6-8,11-22,26-27,34,40H,1-5,9-10,23-25,28H2,(H,46,52). The second-order valence-corrected chi connectivity index (χ2v) is 13.8. The summed E-state index contributed by atoms with van der Waals surface area (Å²) in [6.07, 6.45) is 3.48. The summed E-state index contributed by atoms with van der Waals surface area (Å²) in [5.41, 5.74) is 2.87. The summed E-state index contributed by atoms with van der Waals surface area (Å²) in [5, 5.41) is 11.6. The third kappa shape index (κ3) is 9.10. The van der Waals surface area contributed by atoms with Crippen LogP contribution in [0.25, 0.3) is 11.1 Å². The first-order valence-electron chi connectivity index (χ1n) is 18.4. The Kier molecular flexibility index (Phi) is 11.3. The highest BCUT2D eigenvalue weighted by molar-refractivity contribution is 6.02. The molecule has 5 heterocycles. The summed E-state index contributed by atoms with van der Waals surface area (Å²) in [7, 11) is 0. The van der Waals surface area contributed by atoms with Crippen LogP contribution < -0.4 is 19.7 Å². The Morgan fingerprint density at radius 1 is 0.796 bits per heavy atom. The molecule has 1 fully saturated rings. The summed E-state index contributed by atoms with van der Waals surface area (Å²) in [6.45, 7) is 1.41. The molecule has 1 saturated carbocycles. The molecule has 12 heteroatoms. The van der Waals surface area contributed by atoms with Gasteiger partial charge in [-0.15, -0.1) is 5.10 Å². The Balaban J connectivity index is 1.29. The van der Waals surface area contributed by atoms with Gasteiger partial charge in [-0.1, -0.05) is 66.9 Å². The number of rotatable bonds is 3. The Labute approximate surface area is 312 Å². The van der Waals surface area contributed by atoms with Crippen LogP contribution in [0.4, 0.5) is 18.9 Å². The number of benzene rings is 4. The van der Waals surface area contributed by atoms with Crippen molar-refractivity contribution < 1.29 is 32.2 Å². The Morgan fingerprint density at radius 3 is 2.26 bits per heavy atom. The van der Waals surface area contributed by atoms with Crippen LogP contribution in [0.1, 0.15) is 73.4 Å².